The molecule has 0 unspecified atom stereocenters. The van der Waals surface area contributed by atoms with Crippen LogP contribution in [0.15, 0.2) is 54.6 Å². The molecule has 3 rings (SSSR count). The van der Waals surface area contributed by atoms with Gasteiger partial charge in [0.15, 0.2) is 0 Å². The number of nitriles is 1. The molecule has 0 bridgehead atoms. The van der Waals surface area contributed by atoms with Gasteiger partial charge in [-0.1, -0.05) is 58.0 Å². The number of carbonyl (C=O) groups excluding carboxylic acids is 1. The Morgan fingerprint density at radius 2 is 1.62 bits per heavy atom. The number of nitrogens with zero attached hydrogens (tertiary/aromatic N) is 1. The van der Waals surface area contributed by atoms with Gasteiger partial charge in [0.25, 0.3) is 0 Å². The molecule has 26 heavy (non-hydrogen) atoms. The lowest BCUT2D eigenvalue weighted by atomic mass is 10.0. The molecule has 0 spiro atoms. The molecule has 0 radical (unpaired) electrons. The molecular formula is C22H23NO3. The van der Waals surface area contributed by atoms with Crippen molar-refractivity contribution >= 4 is 5.97 Å². The summed E-state index contributed by atoms with van der Waals surface area (Å²) in [5, 5.41) is 9.50. The largest absolute Gasteiger partial charge is 0.457 e. The third-order valence-electron chi connectivity index (χ3n) is 5.75. The highest BCUT2D eigenvalue weighted by atomic mass is 16.5. The van der Waals surface area contributed by atoms with Crippen molar-refractivity contribution < 1.29 is 14.3 Å². The minimum Gasteiger partial charge on any atom is -0.457 e. The van der Waals surface area contributed by atoms with Crippen LogP contribution in [0.4, 0.5) is 0 Å². The first-order valence-electron chi connectivity index (χ1n) is 8.70. The summed E-state index contributed by atoms with van der Waals surface area (Å²) in [7, 11) is 0. The third kappa shape index (κ3) is 3.17. The smallest absolute Gasteiger partial charge is 0.311 e. The molecule has 0 amide bonds. The molecule has 0 saturated heterocycles. The molecule has 1 fully saturated rings. The molecular weight excluding hydrogens is 326 g/mol. The maximum absolute atomic E-state index is 12.6. The average molecular weight is 349 g/mol. The van der Waals surface area contributed by atoms with Gasteiger partial charge in [-0.25, -0.2) is 0 Å². The van der Waals surface area contributed by atoms with Crippen LogP contribution < -0.4 is 4.74 Å². The second-order valence-corrected chi connectivity index (χ2v) is 7.81. The van der Waals surface area contributed by atoms with Crippen molar-refractivity contribution in [1.82, 2.24) is 0 Å². The van der Waals surface area contributed by atoms with Gasteiger partial charge in [-0.3, -0.25) is 4.79 Å². The van der Waals surface area contributed by atoms with Crippen molar-refractivity contribution in [2.24, 2.45) is 16.7 Å². The standard InChI is InChI=1S/C22H23NO3/c1-21(2)19(22(21,3)4)20(24)26-18(14-23)15-9-8-12-17(13-15)25-16-10-6-5-7-11-16/h5-13,18-19H,1-4H3/t18-/m0/s1. The summed E-state index contributed by atoms with van der Waals surface area (Å²) in [6.07, 6.45) is -0.950. The fraction of sp³-hybridized carbons (Fsp3) is 0.364. The van der Waals surface area contributed by atoms with Crippen LogP contribution in [-0.2, 0) is 9.53 Å². The van der Waals surface area contributed by atoms with Crippen LogP contribution in [0.25, 0.3) is 0 Å². The first-order chi connectivity index (χ1) is 12.3. The number of rotatable bonds is 5. The summed E-state index contributed by atoms with van der Waals surface area (Å²) in [6, 6.07) is 18.6. The van der Waals surface area contributed by atoms with E-state index in [0.29, 0.717) is 17.1 Å². The van der Waals surface area contributed by atoms with E-state index in [9.17, 15) is 10.1 Å². The Kier molecular flexibility index (Phi) is 4.50. The first-order valence-corrected chi connectivity index (χ1v) is 8.70. The maximum Gasteiger partial charge on any atom is 0.311 e. The lowest BCUT2D eigenvalue weighted by Crippen LogP contribution is -2.15. The van der Waals surface area contributed by atoms with Crippen molar-refractivity contribution in [2.45, 2.75) is 33.8 Å². The molecule has 2 aromatic rings. The van der Waals surface area contributed by atoms with Crippen LogP contribution in [0.2, 0.25) is 0 Å². The van der Waals surface area contributed by atoms with E-state index in [1.165, 1.54) is 0 Å². The number of carbonyl (C=O) groups is 1. The van der Waals surface area contributed by atoms with Gasteiger partial charge in [-0.2, -0.15) is 5.26 Å². The maximum atomic E-state index is 12.6. The summed E-state index contributed by atoms with van der Waals surface area (Å²) < 4.78 is 11.3. The van der Waals surface area contributed by atoms with Crippen molar-refractivity contribution in [3.05, 3.63) is 60.2 Å². The monoisotopic (exact) mass is 349 g/mol. The summed E-state index contributed by atoms with van der Waals surface area (Å²) in [6.45, 7) is 8.20. The quantitative estimate of drug-likeness (QED) is 0.690. The highest BCUT2D eigenvalue weighted by molar-refractivity contribution is 5.79. The number of benzene rings is 2. The van der Waals surface area contributed by atoms with E-state index in [-0.39, 0.29) is 22.7 Å². The molecule has 0 aliphatic heterocycles. The predicted octanol–water partition coefficient (Wildman–Crippen LogP) is 5.27. The highest BCUT2D eigenvalue weighted by Gasteiger charge is 2.69. The molecule has 0 N–H and O–H groups in total. The Balaban J connectivity index is 1.74. The molecule has 134 valence electrons. The molecule has 1 aliphatic rings. The van der Waals surface area contributed by atoms with Crippen LogP contribution >= 0.6 is 0 Å². The average Bonchev–Trinajstić information content (AvgIpc) is 3.02. The lowest BCUT2D eigenvalue weighted by Gasteiger charge is -2.14. The van der Waals surface area contributed by atoms with Crippen LogP contribution in [0.1, 0.15) is 39.4 Å². The molecule has 4 nitrogen and oxygen atoms in total. The fourth-order valence-corrected chi connectivity index (χ4v) is 3.50. The summed E-state index contributed by atoms with van der Waals surface area (Å²) in [4.78, 5) is 12.6. The molecule has 1 saturated carbocycles. The van der Waals surface area contributed by atoms with Gasteiger partial charge >= 0.3 is 5.97 Å². The Labute approximate surface area is 154 Å². The normalized spacial score (nSPS) is 18.4. The van der Waals surface area contributed by atoms with E-state index in [1.54, 1.807) is 24.3 Å². The Hall–Kier alpha value is -2.80. The van der Waals surface area contributed by atoms with Crippen LogP contribution in [0, 0.1) is 28.1 Å². The van der Waals surface area contributed by atoms with Gasteiger partial charge in [0, 0.05) is 5.56 Å². The topological polar surface area (TPSA) is 59.3 Å². The lowest BCUT2D eigenvalue weighted by molar-refractivity contribution is -0.150. The molecule has 4 heteroatoms. The number of ether oxygens (including phenoxy) is 2. The van der Waals surface area contributed by atoms with Crippen molar-refractivity contribution in [3.8, 4) is 17.6 Å². The zero-order chi connectivity index (χ0) is 18.9. The summed E-state index contributed by atoms with van der Waals surface area (Å²) in [5.41, 5.74) is 0.357. The predicted molar refractivity (Wildman–Crippen MR) is 98.5 cm³/mol. The van der Waals surface area contributed by atoms with Crippen LogP contribution in [0.3, 0.4) is 0 Å². The second kappa shape index (κ2) is 6.49. The van der Waals surface area contributed by atoms with Crippen molar-refractivity contribution in [1.29, 1.82) is 5.26 Å². The van der Waals surface area contributed by atoms with Gasteiger partial charge < -0.3 is 9.47 Å². The van der Waals surface area contributed by atoms with E-state index < -0.39 is 6.10 Å². The minimum absolute atomic E-state index is 0.123. The van der Waals surface area contributed by atoms with Crippen LogP contribution in [-0.4, -0.2) is 5.97 Å². The Bertz CT molecular complexity index is 835. The second-order valence-electron chi connectivity index (χ2n) is 7.81. The minimum atomic E-state index is -0.950. The molecule has 1 aliphatic carbocycles. The van der Waals surface area contributed by atoms with Gasteiger partial charge in [0.2, 0.25) is 6.10 Å². The van der Waals surface area contributed by atoms with Crippen molar-refractivity contribution in [2.75, 3.05) is 0 Å². The van der Waals surface area contributed by atoms with Gasteiger partial charge in [-0.05, 0) is 35.1 Å². The van der Waals surface area contributed by atoms with Crippen molar-refractivity contribution in [3.63, 3.8) is 0 Å². The Morgan fingerprint density at radius 3 is 2.19 bits per heavy atom. The fourth-order valence-electron chi connectivity index (χ4n) is 3.50. The molecule has 0 aromatic heterocycles. The van der Waals surface area contributed by atoms with Gasteiger partial charge in [0.05, 0.1) is 5.92 Å². The van der Waals surface area contributed by atoms with E-state index in [0.717, 1.165) is 0 Å². The SMILES string of the molecule is CC1(C)C(C(=O)O[C@@H](C#N)c2cccc(Oc3ccccc3)c2)C1(C)C. The van der Waals surface area contributed by atoms with Gasteiger partial charge in [0.1, 0.15) is 17.6 Å². The highest BCUT2D eigenvalue weighted by Crippen LogP contribution is 2.68. The van der Waals surface area contributed by atoms with E-state index in [4.69, 9.17) is 9.47 Å². The molecule has 2 aromatic carbocycles. The van der Waals surface area contributed by atoms with E-state index in [2.05, 4.69) is 33.8 Å². The number of para-hydroxylation sites is 1. The third-order valence-corrected chi connectivity index (χ3v) is 5.75. The molecule has 1 atom stereocenters. The first kappa shape index (κ1) is 18.0. The zero-order valence-corrected chi connectivity index (χ0v) is 15.5. The van der Waals surface area contributed by atoms with Gasteiger partial charge in [-0.15, -0.1) is 0 Å². The molecule has 0 heterocycles. The van der Waals surface area contributed by atoms with E-state index in [1.807, 2.05) is 30.3 Å². The van der Waals surface area contributed by atoms with E-state index >= 15 is 0 Å². The zero-order valence-electron chi connectivity index (χ0n) is 15.5. The number of hydrogen-bond acceptors (Lipinski definition) is 4. The number of hydrogen-bond donors (Lipinski definition) is 0. The summed E-state index contributed by atoms with van der Waals surface area (Å²) >= 11 is 0. The Morgan fingerprint density at radius 1 is 1.00 bits per heavy atom. The van der Waals surface area contributed by atoms with Crippen LogP contribution in [0.5, 0.6) is 11.5 Å². The number of esters is 1. The summed E-state index contributed by atoms with van der Waals surface area (Å²) in [5.74, 6) is 0.782.